The first-order chi connectivity index (χ1) is 20.3. The van der Waals surface area contributed by atoms with E-state index in [9.17, 15) is 9.00 Å². The molecule has 0 saturated carbocycles. The second-order valence-corrected chi connectivity index (χ2v) is 14.8. The summed E-state index contributed by atoms with van der Waals surface area (Å²) < 4.78 is 19.0. The minimum absolute atomic E-state index is 0. The molecule has 0 bridgehead atoms. The molecule has 45 heavy (non-hydrogen) atoms. The van der Waals surface area contributed by atoms with E-state index >= 15 is 0 Å². The number of halogens is 3. The zero-order valence-electron chi connectivity index (χ0n) is 27.1. The van der Waals surface area contributed by atoms with E-state index in [2.05, 4.69) is 60.2 Å². The van der Waals surface area contributed by atoms with Gasteiger partial charge in [0.1, 0.15) is 0 Å². The molecule has 0 aromatic heterocycles. The molecule has 0 radical (unpaired) electrons. The molecule has 10 heteroatoms. The second kappa shape index (κ2) is 19.6. The Kier molecular flexibility index (Phi) is 18.4. The van der Waals surface area contributed by atoms with Gasteiger partial charge in [0.05, 0.1) is 7.11 Å². The van der Waals surface area contributed by atoms with E-state index in [4.69, 9.17) is 34.8 Å². The van der Waals surface area contributed by atoms with Crippen LogP contribution in [-0.2, 0) is 14.4 Å². The van der Waals surface area contributed by atoms with Crippen molar-refractivity contribution >= 4 is 73.5 Å². The molecule has 0 aliphatic carbocycles. The van der Waals surface area contributed by atoms with E-state index in [-0.39, 0.29) is 13.3 Å². The van der Waals surface area contributed by atoms with Crippen LogP contribution in [-0.4, -0.2) is 29.5 Å². The summed E-state index contributed by atoms with van der Waals surface area (Å²) in [6.45, 7) is 18.3. The topological polar surface area (TPSA) is 79.5 Å². The van der Waals surface area contributed by atoms with Crippen molar-refractivity contribution in [1.29, 1.82) is 0 Å². The fraction of sp³-hybridized carbons (Fsp3) is 0.371. The van der Waals surface area contributed by atoms with Gasteiger partial charge in [-0.05, 0) is 102 Å². The van der Waals surface area contributed by atoms with Crippen LogP contribution >= 0.6 is 34.8 Å². The number of amides is 1. The molecular formula is C35H50Cl3N3O3S. The van der Waals surface area contributed by atoms with Gasteiger partial charge in [-0.3, -0.25) is 5.32 Å². The number of methoxy groups -OCH3 is 1. The number of rotatable bonds is 8. The molecule has 6 nitrogen and oxygen atoms in total. The third-order valence-electron chi connectivity index (χ3n) is 6.00. The molecule has 250 valence electrons. The summed E-state index contributed by atoms with van der Waals surface area (Å²) in [5, 5.41) is 8.01. The van der Waals surface area contributed by atoms with Crippen LogP contribution in [0.1, 0.15) is 90.3 Å². The van der Waals surface area contributed by atoms with Crippen LogP contribution in [0.4, 0.5) is 21.9 Å². The highest BCUT2D eigenvalue weighted by atomic mass is 35.5. The van der Waals surface area contributed by atoms with E-state index in [1.54, 1.807) is 24.5 Å². The largest absolute Gasteiger partial charge is 0.453 e. The smallest absolute Gasteiger partial charge is 0.411 e. The number of anilines is 3. The zero-order valence-corrected chi connectivity index (χ0v) is 30.2. The number of carbonyl (C=O) groups excluding carboxylic acids is 1. The number of allylic oxidation sites excluding steroid dienone is 1. The Hall–Kier alpha value is -2.84. The Morgan fingerprint density at radius 3 is 1.38 bits per heavy atom. The average molecular weight is 699 g/mol. The maximum absolute atomic E-state index is 11.6. The molecule has 0 aliphatic rings. The highest BCUT2D eigenvalue weighted by Crippen LogP contribution is 2.30. The van der Waals surface area contributed by atoms with Gasteiger partial charge in [-0.2, -0.15) is 0 Å². The lowest BCUT2D eigenvalue weighted by Gasteiger charge is -2.15. The average Bonchev–Trinajstić information content (AvgIpc) is 2.91. The molecule has 3 rings (SSSR count). The van der Waals surface area contributed by atoms with Crippen molar-refractivity contribution in [2.75, 3.05) is 28.7 Å². The van der Waals surface area contributed by atoms with Crippen LogP contribution in [0, 0.1) is 0 Å². The first-order valence-corrected chi connectivity index (χ1v) is 17.4. The van der Waals surface area contributed by atoms with Crippen molar-refractivity contribution in [2.24, 2.45) is 0 Å². The number of nitrogens with one attached hydrogen (secondary N) is 3. The first-order valence-electron chi connectivity index (χ1n) is 14.1. The third kappa shape index (κ3) is 15.8. The highest BCUT2D eigenvalue weighted by molar-refractivity contribution is 8.00. The number of carbonyl (C=O) groups is 1. The van der Waals surface area contributed by atoms with Crippen molar-refractivity contribution in [3.05, 3.63) is 98.6 Å². The summed E-state index contributed by atoms with van der Waals surface area (Å²) in [6.07, 6.45) is 1.10. The van der Waals surface area contributed by atoms with Crippen molar-refractivity contribution in [1.82, 2.24) is 0 Å². The summed E-state index contributed by atoms with van der Waals surface area (Å²) in [5.74, 6) is 4.64. The fourth-order valence-electron chi connectivity index (χ4n) is 3.98. The Morgan fingerprint density at radius 2 is 1.07 bits per heavy atom. The van der Waals surface area contributed by atoms with Gasteiger partial charge in [-0.15, -0.1) is 0 Å². The van der Waals surface area contributed by atoms with Gasteiger partial charge in [0.2, 0.25) is 0 Å². The Morgan fingerprint density at radius 1 is 0.733 bits per heavy atom. The van der Waals surface area contributed by atoms with Crippen LogP contribution in [0.2, 0.25) is 15.1 Å². The molecule has 0 fully saturated rings. The number of hydrogen-bond donors (Lipinski definition) is 3. The molecule has 1 amide bonds. The van der Waals surface area contributed by atoms with Crippen LogP contribution in [0.25, 0.3) is 0 Å². The monoisotopic (exact) mass is 697 g/mol. The van der Waals surface area contributed by atoms with E-state index < -0.39 is 15.8 Å². The van der Waals surface area contributed by atoms with E-state index in [0.29, 0.717) is 21.9 Å². The number of benzene rings is 3. The Labute approximate surface area is 287 Å². The molecular weight excluding hydrogens is 649 g/mol. The lowest BCUT2D eigenvalue weighted by atomic mass is 10.0. The molecule has 0 aliphatic heterocycles. The molecule has 0 spiro atoms. The Bertz CT molecular complexity index is 1520. The van der Waals surface area contributed by atoms with Crippen molar-refractivity contribution in [2.45, 2.75) is 73.6 Å². The normalized spacial score (nSPS) is 11.6. The SMILES string of the molecule is C.C=C(C)Nc1ccc(Cl)cc1C(C)C.C=S(C)(=O)Nc1ccc(Cl)cc1C(C)C.COC(=O)Nc1ccc(Cl)cc1C(C)C. The highest BCUT2D eigenvalue weighted by Gasteiger charge is 2.11. The maximum atomic E-state index is 11.6. The lowest BCUT2D eigenvalue weighted by Crippen LogP contribution is -2.12. The third-order valence-corrected chi connectivity index (χ3v) is 7.36. The van der Waals surface area contributed by atoms with Crippen LogP contribution < -0.4 is 15.4 Å². The molecule has 0 heterocycles. The van der Waals surface area contributed by atoms with Crippen molar-refractivity contribution in [3.8, 4) is 0 Å². The predicted octanol–water partition coefficient (Wildman–Crippen LogP) is 11.8. The lowest BCUT2D eigenvalue weighted by molar-refractivity contribution is 0.187. The van der Waals surface area contributed by atoms with Gasteiger partial charge in [0.25, 0.3) is 0 Å². The minimum Gasteiger partial charge on any atom is -0.453 e. The summed E-state index contributed by atoms with van der Waals surface area (Å²) >= 11 is 17.8. The van der Waals surface area contributed by atoms with Crippen LogP contribution in [0.5, 0.6) is 0 Å². The van der Waals surface area contributed by atoms with E-state index in [0.717, 1.165) is 38.9 Å². The Balaban J connectivity index is 0.000000639. The van der Waals surface area contributed by atoms with Gasteiger partial charge < -0.3 is 14.8 Å². The van der Waals surface area contributed by atoms with E-state index in [1.807, 2.05) is 57.2 Å². The summed E-state index contributed by atoms with van der Waals surface area (Å²) in [6, 6.07) is 16.7. The van der Waals surface area contributed by atoms with E-state index in [1.165, 1.54) is 12.7 Å². The summed E-state index contributed by atoms with van der Waals surface area (Å²) in [4.78, 5) is 11.1. The zero-order chi connectivity index (χ0) is 33.8. The fourth-order valence-corrected chi connectivity index (χ4v) is 5.17. The molecule has 1 unspecified atom stereocenters. The number of hydrogen-bond acceptors (Lipinski definition) is 4. The molecule has 1 atom stereocenters. The quantitative estimate of drug-likeness (QED) is 0.205. The number of ether oxygens (including phenoxy) is 1. The molecule has 3 aromatic rings. The maximum Gasteiger partial charge on any atom is 0.411 e. The molecule has 3 aromatic carbocycles. The van der Waals surface area contributed by atoms with Crippen molar-refractivity contribution < 1.29 is 13.7 Å². The van der Waals surface area contributed by atoms with Crippen molar-refractivity contribution in [3.63, 3.8) is 0 Å². The van der Waals surface area contributed by atoms with Gasteiger partial charge in [0, 0.05) is 53.8 Å². The minimum atomic E-state index is -2.24. The summed E-state index contributed by atoms with van der Waals surface area (Å²) in [5.41, 5.74) is 6.89. The van der Waals surface area contributed by atoms with Gasteiger partial charge in [-0.25, -0.2) is 9.00 Å². The van der Waals surface area contributed by atoms with Gasteiger partial charge in [0.15, 0.2) is 0 Å². The van der Waals surface area contributed by atoms with Crippen LogP contribution in [0.15, 0.2) is 66.9 Å². The van der Waals surface area contributed by atoms with Crippen LogP contribution in [0.3, 0.4) is 0 Å². The van der Waals surface area contributed by atoms with Gasteiger partial charge in [-0.1, -0.05) is 90.4 Å². The summed E-state index contributed by atoms with van der Waals surface area (Å²) in [7, 11) is -0.905. The first kappa shape index (κ1) is 42.2. The predicted molar refractivity (Wildman–Crippen MR) is 203 cm³/mol. The van der Waals surface area contributed by atoms with Gasteiger partial charge >= 0.3 is 6.09 Å². The molecule has 3 N–H and O–H groups in total. The second-order valence-electron chi connectivity index (χ2n) is 11.3. The standard InChI is InChI=1S/C12H16ClN.C11H14ClNO2.C11H16ClNOS.CH4/c1-8(2)11-7-10(13)5-6-12(11)14-9(3)4;1-7(2)9-6-8(12)4-5-10(9)13-11(14)15-3;1-8(2)10-7-9(12)5-6-11(10)13-15(3,4)14;/h5-8,14H,3H2,1-2,4H3;4-7H,1-3H3,(H,13,14);5-8H,3H2,1-2,4H3,(H,13,14);1H4. The molecule has 0 saturated heterocycles.